The molecule has 1 unspecified atom stereocenters. The van der Waals surface area contributed by atoms with Crippen LogP contribution in [0.2, 0.25) is 0 Å². The van der Waals surface area contributed by atoms with Crippen molar-refractivity contribution in [1.29, 1.82) is 0 Å². The van der Waals surface area contributed by atoms with Crippen molar-refractivity contribution in [2.24, 2.45) is 4.99 Å². The van der Waals surface area contributed by atoms with Crippen LogP contribution in [0.25, 0.3) is 0 Å². The van der Waals surface area contributed by atoms with Crippen molar-refractivity contribution in [3.8, 4) is 0 Å². The average molecular weight is 487 g/mol. The van der Waals surface area contributed by atoms with Gasteiger partial charge in [-0.1, -0.05) is 11.8 Å². The summed E-state index contributed by atoms with van der Waals surface area (Å²) in [5.41, 5.74) is 0. The summed E-state index contributed by atoms with van der Waals surface area (Å²) in [5.74, 6) is 3.33. The fourth-order valence-corrected chi connectivity index (χ4v) is 5.14. The van der Waals surface area contributed by atoms with E-state index in [1.165, 1.54) is 18.6 Å². The Morgan fingerprint density at radius 1 is 1.48 bits per heavy atom. The molecule has 8 heteroatoms. The SMILES string of the molecule is CCNC(=NCC1(C)CCCS1)NCCCSc1nccs1.I. The van der Waals surface area contributed by atoms with E-state index in [9.17, 15) is 0 Å². The maximum Gasteiger partial charge on any atom is 0.191 e. The lowest BCUT2D eigenvalue weighted by Crippen LogP contribution is -2.39. The molecule has 1 aromatic heterocycles. The van der Waals surface area contributed by atoms with Crippen LogP contribution in [0.1, 0.15) is 33.1 Å². The Kier molecular flexibility index (Phi) is 11.0. The molecule has 2 N–H and O–H groups in total. The first kappa shape index (κ1) is 21.4. The molecule has 2 rings (SSSR count). The van der Waals surface area contributed by atoms with Crippen molar-refractivity contribution in [3.05, 3.63) is 11.6 Å². The highest BCUT2D eigenvalue weighted by atomic mass is 127. The number of rotatable bonds is 8. The van der Waals surface area contributed by atoms with Crippen LogP contribution in [-0.4, -0.2) is 46.8 Å². The quantitative estimate of drug-likeness (QED) is 0.191. The summed E-state index contributed by atoms with van der Waals surface area (Å²) in [6, 6.07) is 0. The lowest BCUT2D eigenvalue weighted by Gasteiger charge is -2.21. The predicted molar refractivity (Wildman–Crippen MR) is 117 cm³/mol. The molecular formula is C15H27IN4S3. The van der Waals surface area contributed by atoms with E-state index in [0.717, 1.165) is 42.1 Å². The zero-order chi connectivity index (χ0) is 15.7. The molecule has 1 aliphatic rings. The Bertz CT molecular complexity index is 448. The number of aliphatic imine (C=N–C) groups is 1. The molecule has 0 radical (unpaired) electrons. The smallest absolute Gasteiger partial charge is 0.191 e. The zero-order valence-corrected chi connectivity index (χ0v) is 18.6. The Morgan fingerprint density at radius 2 is 2.35 bits per heavy atom. The second-order valence-electron chi connectivity index (χ2n) is 5.52. The van der Waals surface area contributed by atoms with Gasteiger partial charge in [0.15, 0.2) is 5.96 Å². The standard InChI is InChI=1S/C15H26N4S3.HI/c1-3-16-13(19-12-15(2)6-4-10-22-15)17-7-5-9-20-14-18-8-11-21-14;/h8,11H,3-7,9-10,12H2,1-2H3,(H2,16,17,19);1H. The van der Waals surface area contributed by atoms with E-state index in [1.54, 1.807) is 11.3 Å². The second-order valence-corrected chi connectivity index (χ2v) is 9.44. The number of hydrogen-bond acceptors (Lipinski definition) is 5. The average Bonchev–Trinajstić information content (AvgIpc) is 3.16. The maximum absolute atomic E-state index is 4.77. The third kappa shape index (κ3) is 8.31. The van der Waals surface area contributed by atoms with Gasteiger partial charge in [0.25, 0.3) is 0 Å². The van der Waals surface area contributed by atoms with Gasteiger partial charge in [-0.05, 0) is 38.9 Å². The van der Waals surface area contributed by atoms with Gasteiger partial charge in [-0.25, -0.2) is 4.98 Å². The minimum atomic E-state index is 0. The summed E-state index contributed by atoms with van der Waals surface area (Å²) >= 11 is 5.60. The van der Waals surface area contributed by atoms with Crippen LogP contribution in [0.3, 0.4) is 0 Å². The van der Waals surface area contributed by atoms with Crippen molar-refractivity contribution < 1.29 is 0 Å². The van der Waals surface area contributed by atoms with Crippen molar-refractivity contribution in [1.82, 2.24) is 15.6 Å². The fraction of sp³-hybridized carbons (Fsp3) is 0.733. The van der Waals surface area contributed by atoms with Crippen LogP contribution in [0.5, 0.6) is 0 Å². The highest BCUT2D eigenvalue weighted by Crippen LogP contribution is 2.37. The zero-order valence-electron chi connectivity index (χ0n) is 13.8. The highest BCUT2D eigenvalue weighted by Gasteiger charge is 2.29. The van der Waals surface area contributed by atoms with Gasteiger partial charge in [-0.2, -0.15) is 11.8 Å². The molecular weight excluding hydrogens is 459 g/mol. The third-order valence-electron chi connectivity index (χ3n) is 3.47. The Hall–Kier alpha value is 0.330. The van der Waals surface area contributed by atoms with Crippen LogP contribution >= 0.6 is 58.8 Å². The second kappa shape index (κ2) is 11.8. The van der Waals surface area contributed by atoms with E-state index in [2.05, 4.69) is 41.2 Å². The van der Waals surface area contributed by atoms with Crippen LogP contribution in [0.4, 0.5) is 0 Å². The fourth-order valence-electron chi connectivity index (χ4n) is 2.27. The van der Waals surface area contributed by atoms with Crippen LogP contribution in [-0.2, 0) is 0 Å². The van der Waals surface area contributed by atoms with Gasteiger partial charge in [0.1, 0.15) is 4.34 Å². The van der Waals surface area contributed by atoms with Gasteiger partial charge in [-0.15, -0.1) is 35.3 Å². The summed E-state index contributed by atoms with van der Waals surface area (Å²) < 4.78 is 1.50. The Balaban J connectivity index is 0.00000264. The lowest BCUT2D eigenvalue weighted by molar-refractivity contribution is 0.614. The number of thioether (sulfide) groups is 2. The number of aromatic nitrogens is 1. The minimum Gasteiger partial charge on any atom is -0.357 e. The molecule has 0 spiro atoms. The van der Waals surface area contributed by atoms with E-state index in [0.29, 0.717) is 4.75 Å². The van der Waals surface area contributed by atoms with Gasteiger partial charge in [-0.3, -0.25) is 4.99 Å². The Morgan fingerprint density at radius 3 is 3.00 bits per heavy atom. The summed E-state index contributed by atoms with van der Waals surface area (Å²) in [6.07, 6.45) is 5.59. The number of nitrogens with zero attached hydrogens (tertiary/aromatic N) is 2. The van der Waals surface area contributed by atoms with Gasteiger partial charge in [0, 0.05) is 35.2 Å². The highest BCUT2D eigenvalue weighted by molar-refractivity contribution is 14.0. The first-order chi connectivity index (χ1) is 10.7. The molecule has 4 nitrogen and oxygen atoms in total. The summed E-state index contributed by atoms with van der Waals surface area (Å²) in [4.78, 5) is 9.05. The van der Waals surface area contributed by atoms with Gasteiger partial charge >= 0.3 is 0 Å². The Labute approximate surface area is 169 Å². The third-order valence-corrected chi connectivity index (χ3v) is 7.04. The van der Waals surface area contributed by atoms with Crippen molar-refractivity contribution in [3.63, 3.8) is 0 Å². The van der Waals surface area contributed by atoms with E-state index in [1.807, 2.05) is 23.3 Å². The summed E-state index contributed by atoms with van der Waals surface area (Å²) in [7, 11) is 0. The summed E-state index contributed by atoms with van der Waals surface area (Å²) in [6.45, 7) is 7.21. The lowest BCUT2D eigenvalue weighted by atomic mass is 10.1. The van der Waals surface area contributed by atoms with E-state index >= 15 is 0 Å². The normalized spacial score (nSPS) is 21.0. The molecule has 0 aromatic carbocycles. The number of hydrogen-bond donors (Lipinski definition) is 2. The summed E-state index contributed by atoms with van der Waals surface area (Å²) in [5, 5.41) is 8.81. The number of thiazole rings is 1. The predicted octanol–water partition coefficient (Wildman–Crippen LogP) is 4.08. The first-order valence-electron chi connectivity index (χ1n) is 7.90. The van der Waals surface area contributed by atoms with Crippen LogP contribution in [0.15, 0.2) is 20.9 Å². The van der Waals surface area contributed by atoms with E-state index in [-0.39, 0.29) is 24.0 Å². The van der Waals surface area contributed by atoms with Gasteiger partial charge in [0.2, 0.25) is 0 Å². The first-order valence-corrected chi connectivity index (χ1v) is 10.8. The van der Waals surface area contributed by atoms with Gasteiger partial charge < -0.3 is 10.6 Å². The molecule has 132 valence electrons. The molecule has 23 heavy (non-hydrogen) atoms. The molecule has 1 saturated heterocycles. The van der Waals surface area contributed by atoms with Gasteiger partial charge in [0.05, 0.1) is 6.54 Å². The van der Waals surface area contributed by atoms with Crippen molar-refractivity contribution in [2.75, 3.05) is 31.1 Å². The number of nitrogens with one attached hydrogen (secondary N) is 2. The van der Waals surface area contributed by atoms with Crippen LogP contribution < -0.4 is 10.6 Å². The van der Waals surface area contributed by atoms with Crippen molar-refractivity contribution >= 4 is 64.8 Å². The topological polar surface area (TPSA) is 49.3 Å². The van der Waals surface area contributed by atoms with E-state index in [4.69, 9.17) is 4.99 Å². The van der Waals surface area contributed by atoms with Crippen molar-refractivity contribution in [2.45, 2.75) is 42.2 Å². The molecule has 1 aliphatic heterocycles. The molecule has 1 atom stereocenters. The minimum absolute atomic E-state index is 0. The number of halogens is 1. The largest absolute Gasteiger partial charge is 0.357 e. The number of guanidine groups is 1. The molecule has 2 heterocycles. The monoisotopic (exact) mass is 486 g/mol. The molecule has 0 aliphatic carbocycles. The maximum atomic E-state index is 4.77. The van der Waals surface area contributed by atoms with Crippen LogP contribution in [0, 0.1) is 0 Å². The molecule has 0 bridgehead atoms. The van der Waals surface area contributed by atoms with E-state index < -0.39 is 0 Å². The molecule has 0 amide bonds. The molecule has 0 saturated carbocycles. The molecule has 1 aromatic rings. The molecule has 1 fully saturated rings.